The highest BCUT2D eigenvalue weighted by Crippen LogP contribution is 2.20. The number of fused-ring (bicyclic) bond motifs is 1. The molecule has 2 aromatic carbocycles. The second kappa shape index (κ2) is 8.48. The predicted molar refractivity (Wildman–Crippen MR) is 119 cm³/mol. The van der Waals surface area contributed by atoms with Gasteiger partial charge >= 0.3 is 0 Å². The molecule has 0 saturated carbocycles. The topological polar surface area (TPSA) is 106 Å². The van der Waals surface area contributed by atoms with Gasteiger partial charge in [0.25, 0.3) is 5.91 Å². The van der Waals surface area contributed by atoms with Gasteiger partial charge in [-0.15, -0.1) is 0 Å². The third-order valence-corrected chi connectivity index (χ3v) is 6.25. The minimum atomic E-state index is -3.87. The van der Waals surface area contributed by atoms with Crippen molar-refractivity contribution in [3.05, 3.63) is 78.5 Å². The first-order valence-electron chi connectivity index (χ1n) is 9.76. The Morgan fingerprint density at radius 1 is 1.06 bits per heavy atom. The number of aromatic nitrogens is 3. The number of amides is 1. The number of hydrogen-bond donors (Lipinski definition) is 2. The van der Waals surface area contributed by atoms with Crippen LogP contribution in [0, 0.1) is 5.82 Å². The maximum absolute atomic E-state index is 14.3. The summed E-state index contributed by atoms with van der Waals surface area (Å²) in [4.78, 5) is 21.1. The Hall–Kier alpha value is -3.63. The highest BCUT2D eigenvalue weighted by molar-refractivity contribution is 7.89. The van der Waals surface area contributed by atoms with E-state index in [1.807, 2.05) is 24.3 Å². The lowest BCUT2D eigenvalue weighted by molar-refractivity contribution is 0.102. The van der Waals surface area contributed by atoms with Gasteiger partial charge in [-0.3, -0.25) is 9.36 Å². The lowest BCUT2D eigenvalue weighted by atomic mass is 10.2. The van der Waals surface area contributed by atoms with E-state index in [0.717, 1.165) is 29.2 Å². The van der Waals surface area contributed by atoms with Gasteiger partial charge in [0, 0.05) is 6.04 Å². The number of benzene rings is 2. The molecule has 0 aliphatic rings. The van der Waals surface area contributed by atoms with Crippen molar-refractivity contribution >= 4 is 32.7 Å². The number of hydrogen-bond acceptors (Lipinski definition) is 5. The van der Waals surface area contributed by atoms with Crippen LogP contribution in [-0.4, -0.2) is 34.9 Å². The molecule has 0 aliphatic heterocycles. The average molecular weight is 453 g/mol. The zero-order valence-electron chi connectivity index (χ0n) is 17.3. The summed E-state index contributed by atoms with van der Waals surface area (Å²) in [7, 11) is -3.87. The Morgan fingerprint density at radius 3 is 2.56 bits per heavy atom. The summed E-state index contributed by atoms with van der Waals surface area (Å²) in [6.45, 7) is 3.33. The molecule has 2 heterocycles. The third-order valence-electron chi connectivity index (χ3n) is 4.59. The number of sulfonamides is 1. The van der Waals surface area contributed by atoms with Crippen molar-refractivity contribution in [3.8, 4) is 5.82 Å². The van der Waals surface area contributed by atoms with Crippen molar-refractivity contribution in [1.82, 2.24) is 19.3 Å². The first-order valence-corrected chi connectivity index (χ1v) is 11.2. The molecule has 0 aliphatic carbocycles. The van der Waals surface area contributed by atoms with Crippen molar-refractivity contribution in [2.24, 2.45) is 0 Å². The molecule has 0 spiro atoms. The van der Waals surface area contributed by atoms with Crippen molar-refractivity contribution in [2.45, 2.75) is 24.8 Å². The minimum absolute atomic E-state index is 0.196. The van der Waals surface area contributed by atoms with Gasteiger partial charge in [0.2, 0.25) is 10.0 Å². The highest BCUT2D eigenvalue weighted by Gasteiger charge is 2.20. The molecule has 1 amide bonds. The van der Waals surface area contributed by atoms with E-state index in [1.54, 1.807) is 36.9 Å². The van der Waals surface area contributed by atoms with Gasteiger partial charge in [0.15, 0.2) is 0 Å². The van der Waals surface area contributed by atoms with Gasteiger partial charge in [0.05, 0.1) is 33.4 Å². The molecular weight excluding hydrogens is 433 g/mol. The van der Waals surface area contributed by atoms with Gasteiger partial charge in [-0.25, -0.2) is 27.5 Å². The molecule has 2 N–H and O–H groups in total. The fraction of sp³-hybridized carbons (Fsp3) is 0.136. The van der Waals surface area contributed by atoms with Crippen LogP contribution in [0.25, 0.3) is 16.9 Å². The minimum Gasteiger partial charge on any atom is -0.320 e. The van der Waals surface area contributed by atoms with Crippen LogP contribution in [0.2, 0.25) is 0 Å². The maximum atomic E-state index is 14.3. The van der Waals surface area contributed by atoms with Crippen molar-refractivity contribution in [2.75, 3.05) is 5.32 Å². The molecule has 4 aromatic rings. The Balaban J connectivity index is 1.56. The number of carbonyl (C=O) groups is 1. The molecular formula is C22H20FN5O3S. The van der Waals surface area contributed by atoms with E-state index in [1.165, 1.54) is 6.20 Å². The van der Waals surface area contributed by atoms with Gasteiger partial charge in [-0.05, 0) is 56.3 Å². The molecule has 0 radical (unpaired) electrons. The number of para-hydroxylation sites is 2. The Bertz CT molecular complexity index is 1400. The SMILES string of the molecule is CC(C)NS(=O)(=O)c1ccc(F)c(C(=O)Nc2ccc(-n3cnc4ccccc43)nc2)c1. The molecule has 4 rings (SSSR count). The Labute approximate surface area is 184 Å². The van der Waals surface area contributed by atoms with Gasteiger partial charge in [-0.2, -0.15) is 0 Å². The van der Waals surface area contributed by atoms with Crippen LogP contribution in [0.4, 0.5) is 10.1 Å². The zero-order chi connectivity index (χ0) is 22.9. The number of halogens is 1. The fourth-order valence-corrected chi connectivity index (χ4v) is 4.44. The third kappa shape index (κ3) is 4.36. The molecule has 164 valence electrons. The molecule has 0 atom stereocenters. The Morgan fingerprint density at radius 2 is 1.84 bits per heavy atom. The van der Waals surface area contributed by atoms with Gasteiger partial charge < -0.3 is 5.32 Å². The van der Waals surface area contributed by atoms with Crippen molar-refractivity contribution < 1.29 is 17.6 Å². The average Bonchev–Trinajstić information content (AvgIpc) is 3.17. The fourth-order valence-electron chi connectivity index (χ4n) is 3.17. The van der Waals surface area contributed by atoms with E-state index in [9.17, 15) is 17.6 Å². The highest BCUT2D eigenvalue weighted by atomic mass is 32.2. The van der Waals surface area contributed by atoms with E-state index in [4.69, 9.17) is 0 Å². The molecule has 32 heavy (non-hydrogen) atoms. The molecule has 0 bridgehead atoms. The van der Waals surface area contributed by atoms with Gasteiger partial charge in [0.1, 0.15) is 18.0 Å². The van der Waals surface area contributed by atoms with Crippen LogP contribution in [-0.2, 0) is 10.0 Å². The van der Waals surface area contributed by atoms with E-state index in [0.29, 0.717) is 11.5 Å². The number of imidazole rings is 1. The Kier molecular flexibility index (Phi) is 5.72. The molecule has 0 unspecified atom stereocenters. The second-order valence-corrected chi connectivity index (χ2v) is 9.09. The number of pyridine rings is 1. The summed E-state index contributed by atoms with van der Waals surface area (Å²) in [5.74, 6) is -1.03. The van der Waals surface area contributed by atoms with Crippen molar-refractivity contribution in [1.29, 1.82) is 0 Å². The molecule has 0 fully saturated rings. The van der Waals surface area contributed by atoms with Crippen LogP contribution in [0.1, 0.15) is 24.2 Å². The monoisotopic (exact) mass is 453 g/mol. The lowest BCUT2D eigenvalue weighted by Crippen LogP contribution is -2.30. The first kappa shape index (κ1) is 21.6. The molecule has 2 aromatic heterocycles. The standard InChI is InChI=1S/C22H20FN5O3S/c1-14(2)27-32(30,31)16-8-9-18(23)17(11-16)22(29)26-15-7-10-21(24-12-15)28-13-25-19-5-3-4-6-20(19)28/h3-14,27H,1-2H3,(H,26,29). The van der Waals surface area contributed by atoms with Crippen molar-refractivity contribution in [3.63, 3.8) is 0 Å². The predicted octanol–water partition coefficient (Wildman–Crippen LogP) is 3.50. The lowest BCUT2D eigenvalue weighted by Gasteiger charge is -2.12. The van der Waals surface area contributed by atoms with Crippen LogP contribution >= 0.6 is 0 Å². The summed E-state index contributed by atoms with van der Waals surface area (Å²) >= 11 is 0. The summed E-state index contributed by atoms with van der Waals surface area (Å²) in [5.41, 5.74) is 1.65. The number of anilines is 1. The second-order valence-electron chi connectivity index (χ2n) is 7.38. The number of nitrogens with one attached hydrogen (secondary N) is 2. The summed E-state index contributed by atoms with van der Waals surface area (Å²) in [6, 6.07) is 13.6. The van der Waals surface area contributed by atoms with E-state index >= 15 is 0 Å². The maximum Gasteiger partial charge on any atom is 0.258 e. The number of carbonyl (C=O) groups excluding carboxylic acids is 1. The van der Waals surface area contributed by atoms with Crippen LogP contribution in [0.15, 0.2) is 72.0 Å². The van der Waals surface area contributed by atoms with E-state index < -0.39 is 21.7 Å². The molecule has 10 heteroatoms. The summed E-state index contributed by atoms with van der Waals surface area (Å²) in [6.07, 6.45) is 3.08. The number of rotatable bonds is 6. The van der Waals surface area contributed by atoms with Crippen LogP contribution in [0.3, 0.4) is 0 Å². The molecule has 8 nitrogen and oxygen atoms in total. The van der Waals surface area contributed by atoms with E-state index in [-0.39, 0.29) is 16.5 Å². The summed E-state index contributed by atoms with van der Waals surface area (Å²) in [5, 5.41) is 2.55. The first-order chi connectivity index (χ1) is 15.2. The van der Waals surface area contributed by atoms with Crippen LogP contribution < -0.4 is 10.0 Å². The normalized spacial score (nSPS) is 11.8. The summed E-state index contributed by atoms with van der Waals surface area (Å²) < 4.78 is 43.2. The van der Waals surface area contributed by atoms with Gasteiger partial charge in [-0.1, -0.05) is 12.1 Å². The number of nitrogens with zero attached hydrogens (tertiary/aromatic N) is 3. The van der Waals surface area contributed by atoms with E-state index in [2.05, 4.69) is 20.0 Å². The quantitative estimate of drug-likeness (QED) is 0.465. The smallest absolute Gasteiger partial charge is 0.258 e. The zero-order valence-corrected chi connectivity index (χ0v) is 18.1. The van der Waals surface area contributed by atoms with Crippen LogP contribution in [0.5, 0.6) is 0 Å². The largest absolute Gasteiger partial charge is 0.320 e. The molecule has 0 saturated heterocycles.